The lowest BCUT2D eigenvalue weighted by atomic mass is 9.97. The molecule has 1 heterocycles. The van der Waals surface area contributed by atoms with E-state index in [1.807, 2.05) is 0 Å². The Morgan fingerprint density at radius 2 is 1.55 bits per heavy atom. The summed E-state index contributed by atoms with van der Waals surface area (Å²) in [6.07, 6.45) is -10.1. The molecule has 0 aromatic rings. The third-order valence-electron chi connectivity index (χ3n) is 2.83. The van der Waals surface area contributed by atoms with Gasteiger partial charge in [0.15, 0.2) is 6.29 Å². The smallest absolute Gasteiger partial charge is 0.294 e. The molecule has 14 heteroatoms. The highest BCUT2D eigenvalue weighted by atomic mass is 32.2. The van der Waals surface area contributed by atoms with Gasteiger partial charge in [-0.3, -0.25) is 9.11 Å². The van der Waals surface area contributed by atoms with Gasteiger partial charge in [-0.2, -0.15) is 16.8 Å². The van der Waals surface area contributed by atoms with Crippen molar-refractivity contribution in [2.24, 2.45) is 5.73 Å². The molecule has 8 N–H and O–H groups in total. The Hall–Kier alpha value is -0.420. The zero-order chi connectivity index (χ0) is 16.1. The van der Waals surface area contributed by atoms with Crippen LogP contribution >= 0.6 is 0 Å². The van der Waals surface area contributed by atoms with E-state index in [1.54, 1.807) is 0 Å². The van der Waals surface area contributed by atoms with E-state index < -0.39 is 55.1 Å². The van der Waals surface area contributed by atoms with Crippen molar-refractivity contribution in [1.29, 1.82) is 0 Å². The summed E-state index contributed by atoms with van der Waals surface area (Å²) in [7, 11) is -10.5. The number of nitrogens with two attached hydrogens (primary N) is 1. The largest absolute Gasteiger partial charge is 0.387 e. The van der Waals surface area contributed by atoms with Gasteiger partial charge >= 0.3 is 0 Å². The van der Waals surface area contributed by atoms with Gasteiger partial charge in [-0.05, 0) is 0 Å². The van der Waals surface area contributed by atoms with Gasteiger partial charge in [0.1, 0.15) is 18.3 Å². The van der Waals surface area contributed by atoms with Crippen LogP contribution < -0.4 is 5.73 Å². The lowest BCUT2D eigenvalue weighted by Crippen LogP contribution is -2.75. The standard InChI is InChI=1S/C6H13NO11S2/c7-6(20(15,16)17)3(9)1(8)2(18-5(6)11)4(10)19(12,13)14/h1-5,8-11H,7H2,(H,12,13,14)(H,15,16,17)/t1-,2+,3+,4?,5?,6+/m1/s1. The van der Waals surface area contributed by atoms with E-state index in [4.69, 9.17) is 14.8 Å². The third-order valence-corrected chi connectivity index (χ3v) is 5.04. The molecule has 1 fully saturated rings. The molecule has 0 aromatic carbocycles. The predicted molar refractivity (Wildman–Crippen MR) is 58.9 cm³/mol. The quantitative estimate of drug-likeness (QED) is 0.240. The summed E-state index contributed by atoms with van der Waals surface area (Å²) in [5, 5.41) is 37.6. The fourth-order valence-corrected chi connectivity index (χ4v) is 2.93. The summed E-state index contributed by atoms with van der Waals surface area (Å²) in [5.74, 6) is 0. The average molecular weight is 339 g/mol. The summed E-state index contributed by atoms with van der Waals surface area (Å²) >= 11 is 0. The molecule has 0 saturated carbocycles. The number of rotatable bonds is 3. The van der Waals surface area contributed by atoms with Crippen LogP contribution in [0.3, 0.4) is 0 Å². The Morgan fingerprint density at radius 1 is 1.10 bits per heavy atom. The molecule has 12 nitrogen and oxygen atoms in total. The Morgan fingerprint density at radius 3 is 1.90 bits per heavy atom. The summed E-state index contributed by atoms with van der Waals surface area (Å²) in [4.78, 5) is -3.28. The van der Waals surface area contributed by atoms with Crippen molar-refractivity contribution in [3.63, 3.8) is 0 Å². The van der Waals surface area contributed by atoms with Gasteiger partial charge in [-0.15, -0.1) is 0 Å². The van der Waals surface area contributed by atoms with Crippen molar-refractivity contribution in [1.82, 2.24) is 0 Å². The van der Waals surface area contributed by atoms with E-state index >= 15 is 0 Å². The molecule has 1 aliphatic heterocycles. The summed E-state index contributed by atoms with van der Waals surface area (Å²) in [6, 6.07) is 0. The summed E-state index contributed by atoms with van der Waals surface area (Å²) < 4.78 is 65.2. The lowest BCUT2D eigenvalue weighted by molar-refractivity contribution is -0.264. The molecule has 1 rings (SSSR count). The topological polar surface area (TPSA) is 225 Å². The van der Waals surface area contributed by atoms with Crippen LogP contribution in [0.15, 0.2) is 0 Å². The van der Waals surface area contributed by atoms with Crippen LogP contribution in [-0.2, 0) is 25.0 Å². The van der Waals surface area contributed by atoms with Gasteiger partial charge in [-0.25, -0.2) is 0 Å². The van der Waals surface area contributed by atoms with E-state index in [-0.39, 0.29) is 0 Å². The zero-order valence-corrected chi connectivity index (χ0v) is 11.1. The number of hydrogen-bond donors (Lipinski definition) is 7. The van der Waals surface area contributed by atoms with E-state index in [9.17, 15) is 37.3 Å². The Kier molecular flexibility index (Phi) is 4.49. The van der Waals surface area contributed by atoms with Crippen LogP contribution in [0, 0.1) is 0 Å². The second kappa shape index (κ2) is 5.09. The first-order valence-corrected chi connectivity index (χ1v) is 7.79. The fraction of sp³-hybridized carbons (Fsp3) is 1.00. The van der Waals surface area contributed by atoms with Gasteiger partial charge in [0.25, 0.3) is 20.2 Å². The van der Waals surface area contributed by atoms with Crippen molar-refractivity contribution in [2.75, 3.05) is 0 Å². The molecule has 0 bridgehead atoms. The second-order valence-corrected chi connectivity index (χ2v) is 7.29. The minimum atomic E-state index is -5.34. The predicted octanol–water partition coefficient (Wildman–Crippen LogP) is -4.83. The van der Waals surface area contributed by atoms with Crippen LogP contribution in [0.25, 0.3) is 0 Å². The number of aliphatic hydroxyl groups excluding tert-OH is 4. The summed E-state index contributed by atoms with van der Waals surface area (Å²) in [6.45, 7) is 0. The molecule has 0 amide bonds. The fourth-order valence-electron chi connectivity index (χ4n) is 1.61. The highest BCUT2D eigenvalue weighted by Crippen LogP contribution is 2.32. The van der Waals surface area contributed by atoms with Gasteiger partial charge in [0.05, 0.1) is 0 Å². The molecular formula is C6H13NO11S2. The third kappa shape index (κ3) is 2.67. The number of hydrogen-bond acceptors (Lipinski definition) is 10. The molecule has 6 atom stereocenters. The molecule has 0 aromatic heterocycles. The SMILES string of the molecule is N[C@@]1(S(=O)(=O)O)C(O)O[C@H](C(O)S(=O)(=O)O)[C@@H](O)[C@@H]1O. The van der Waals surface area contributed by atoms with Crippen molar-refractivity contribution in [3.8, 4) is 0 Å². The van der Waals surface area contributed by atoms with Crippen LogP contribution in [0.2, 0.25) is 0 Å². The Balaban J connectivity index is 3.23. The molecule has 2 unspecified atom stereocenters. The molecule has 120 valence electrons. The van der Waals surface area contributed by atoms with E-state index in [1.165, 1.54) is 0 Å². The molecule has 1 saturated heterocycles. The van der Waals surface area contributed by atoms with Crippen LogP contribution in [0.5, 0.6) is 0 Å². The Bertz CT molecular complexity index is 570. The van der Waals surface area contributed by atoms with Crippen molar-refractivity contribution < 1.29 is 51.1 Å². The number of ether oxygens (including phenoxy) is 1. The molecule has 0 aliphatic carbocycles. The van der Waals surface area contributed by atoms with E-state index in [0.29, 0.717) is 0 Å². The first-order valence-electron chi connectivity index (χ1n) is 4.84. The molecular weight excluding hydrogens is 326 g/mol. The maximum absolute atomic E-state index is 11.0. The molecule has 0 spiro atoms. The normalized spacial score (nSPS) is 41.4. The molecule has 1 aliphatic rings. The minimum Gasteiger partial charge on any atom is -0.387 e. The first-order chi connectivity index (χ1) is 8.74. The van der Waals surface area contributed by atoms with Crippen LogP contribution in [-0.4, -0.2) is 81.3 Å². The van der Waals surface area contributed by atoms with Gasteiger partial charge < -0.3 is 30.9 Å². The first kappa shape index (κ1) is 17.6. The van der Waals surface area contributed by atoms with Gasteiger partial charge in [0, 0.05) is 0 Å². The number of aliphatic hydroxyl groups is 4. The van der Waals surface area contributed by atoms with Crippen LogP contribution in [0.4, 0.5) is 0 Å². The maximum atomic E-state index is 11.0. The molecule has 0 radical (unpaired) electrons. The van der Waals surface area contributed by atoms with E-state index in [0.717, 1.165) is 0 Å². The second-order valence-electron chi connectivity index (χ2n) is 4.12. The van der Waals surface area contributed by atoms with Gasteiger partial charge in [0.2, 0.25) is 10.3 Å². The lowest BCUT2D eigenvalue weighted by Gasteiger charge is -2.45. The summed E-state index contributed by atoms with van der Waals surface area (Å²) in [5.41, 5.74) is 2.27. The zero-order valence-electron chi connectivity index (χ0n) is 9.51. The monoisotopic (exact) mass is 339 g/mol. The van der Waals surface area contributed by atoms with Crippen molar-refractivity contribution >= 4 is 20.2 Å². The minimum absolute atomic E-state index is 2.31. The highest BCUT2D eigenvalue weighted by molar-refractivity contribution is 7.87. The molecule has 20 heavy (non-hydrogen) atoms. The van der Waals surface area contributed by atoms with Gasteiger partial charge in [-0.1, -0.05) is 0 Å². The van der Waals surface area contributed by atoms with E-state index in [2.05, 4.69) is 4.74 Å². The maximum Gasteiger partial charge on any atom is 0.294 e. The van der Waals surface area contributed by atoms with Crippen molar-refractivity contribution in [2.45, 2.75) is 34.9 Å². The Labute approximate surface area is 112 Å². The van der Waals surface area contributed by atoms with Crippen LogP contribution in [0.1, 0.15) is 0 Å². The highest BCUT2D eigenvalue weighted by Gasteiger charge is 2.62. The van der Waals surface area contributed by atoms with Crippen molar-refractivity contribution in [3.05, 3.63) is 0 Å². The average Bonchev–Trinajstić information content (AvgIpc) is 2.27.